The highest BCUT2D eigenvalue weighted by atomic mass is 19.1. The maximum atomic E-state index is 13.0. The number of hydrogen-bond donors (Lipinski definition) is 3. The second kappa shape index (κ2) is 8.08. The molecule has 1 aliphatic carbocycles. The van der Waals surface area contributed by atoms with Crippen molar-refractivity contribution in [1.82, 2.24) is 10.6 Å². The van der Waals surface area contributed by atoms with E-state index >= 15 is 0 Å². The summed E-state index contributed by atoms with van der Waals surface area (Å²) in [6.07, 6.45) is 3.95. The largest absolute Gasteiger partial charge is 0.396 e. The molecule has 4 nitrogen and oxygen atoms in total. The minimum absolute atomic E-state index is 0.134. The van der Waals surface area contributed by atoms with Crippen LogP contribution >= 0.6 is 0 Å². The van der Waals surface area contributed by atoms with Gasteiger partial charge in [-0.15, -0.1) is 0 Å². The molecule has 0 spiro atoms. The van der Waals surface area contributed by atoms with Crippen molar-refractivity contribution in [3.63, 3.8) is 0 Å². The first-order chi connectivity index (χ1) is 10.6. The van der Waals surface area contributed by atoms with Gasteiger partial charge >= 0.3 is 6.03 Å². The van der Waals surface area contributed by atoms with Crippen LogP contribution in [0.4, 0.5) is 13.6 Å². The molecule has 0 atom stereocenters. The topological polar surface area (TPSA) is 61.4 Å². The molecule has 1 saturated carbocycles. The maximum absolute atomic E-state index is 13.0. The van der Waals surface area contributed by atoms with Crippen LogP contribution in [0.1, 0.15) is 31.2 Å². The van der Waals surface area contributed by atoms with Gasteiger partial charge in [0.15, 0.2) is 0 Å². The van der Waals surface area contributed by atoms with Crippen LogP contribution in [-0.2, 0) is 6.42 Å². The Morgan fingerprint density at radius 2 is 1.77 bits per heavy atom. The van der Waals surface area contributed by atoms with E-state index < -0.39 is 11.6 Å². The molecule has 1 aromatic carbocycles. The molecule has 22 heavy (non-hydrogen) atoms. The number of benzene rings is 1. The Balaban J connectivity index is 1.67. The van der Waals surface area contributed by atoms with Crippen LogP contribution in [0.2, 0.25) is 0 Å². The number of amides is 2. The third-order valence-corrected chi connectivity index (χ3v) is 4.06. The molecule has 0 heterocycles. The first kappa shape index (κ1) is 16.7. The minimum atomic E-state index is -0.611. The molecule has 1 aliphatic rings. The van der Waals surface area contributed by atoms with E-state index in [0.29, 0.717) is 24.4 Å². The van der Waals surface area contributed by atoms with Crippen LogP contribution in [0, 0.1) is 17.6 Å². The van der Waals surface area contributed by atoms with Crippen LogP contribution in [-0.4, -0.2) is 30.3 Å². The lowest BCUT2D eigenvalue weighted by Gasteiger charge is -2.27. The summed E-state index contributed by atoms with van der Waals surface area (Å²) in [6, 6.07) is 3.23. The summed E-state index contributed by atoms with van der Waals surface area (Å²) in [6.45, 7) is 0.532. The molecular formula is C16H22F2N2O2. The van der Waals surface area contributed by atoms with Crippen molar-refractivity contribution in [2.45, 2.75) is 38.1 Å². The predicted octanol–water partition coefficient (Wildman–Crippen LogP) is 2.36. The summed E-state index contributed by atoms with van der Waals surface area (Å²) in [5, 5.41) is 14.7. The van der Waals surface area contributed by atoms with Crippen LogP contribution in [0.3, 0.4) is 0 Å². The van der Waals surface area contributed by atoms with E-state index in [4.69, 9.17) is 5.11 Å². The van der Waals surface area contributed by atoms with Gasteiger partial charge in [-0.1, -0.05) is 0 Å². The summed E-state index contributed by atoms with van der Waals surface area (Å²) >= 11 is 0. The van der Waals surface area contributed by atoms with Gasteiger partial charge in [-0.3, -0.25) is 0 Å². The molecule has 0 bridgehead atoms. The van der Waals surface area contributed by atoms with Gasteiger partial charge in [-0.25, -0.2) is 13.6 Å². The molecule has 0 aliphatic heterocycles. The number of hydrogen-bond acceptors (Lipinski definition) is 2. The van der Waals surface area contributed by atoms with Crippen LogP contribution < -0.4 is 10.6 Å². The molecule has 1 fully saturated rings. The third kappa shape index (κ3) is 5.26. The molecule has 6 heteroatoms. The normalized spacial score (nSPS) is 21.4. The van der Waals surface area contributed by atoms with Gasteiger partial charge in [-0.2, -0.15) is 0 Å². The molecule has 2 rings (SSSR count). The van der Waals surface area contributed by atoms with Gasteiger partial charge in [-0.05, 0) is 55.7 Å². The maximum Gasteiger partial charge on any atom is 0.315 e. The van der Waals surface area contributed by atoms with Crippen molar-refractivity contribution in [2.24, 2.45) is 5.92 Å². The molecule has 0 aromatic heterocycles. The third-order valence-electron chi connectivity index (χ3n) is 4.06. The Morgan fingerprint density at radius 3 is 2.36 bits per heavy atom. The van der Waals surface area contributed by atoms with Crippen LogP contribution in [0.15, 0.2) is 18.2 Å². The van der Waals surface area contributed by atoms with E-state index in [1.807, 2.05) is 0 Å². The van der Waals surface area contributed by atoms with Crippen LogP contribution in [0.5, 0.6) is 0 Å². The Kier molecular flexibility index (Phi) is 6.12. The summed E-state index contributed by atoms with van der Waals surface area (Å²) in [5.41, 5.74) is 0.515. The zero-order valence-corrected chi connectivity index (χ0v) is 12.4. The zero-order valence-electron chi connectivity index (χ0n) is 12.4. The minimum Gasteiger partial charge on any atom is -0.396 e. The molecule has 0 saturated heterocycles. The van der Waals surface area contributed by atoms with Crippen molar-refractivity contribution in [1.29, 1.82) is 0 Å². The lowest BCUT2D eigenvalue weighted by atomic mass is 9.87. The number of urea groups is 1. The Hall–Kier alpha value is -1.69. The molecule has 3 N–H and O–H groups in total. The molecule has 122 valence electrons. The lowest BCUT2D eigenvalue weighted by molar-refractivity contribution is 0.174. The average Bonchev–Trinajstić information content (AvgIpc) is 2.47. The smallest absolute Gasteiger partial charge is 0.315 e. The van der Waals surface area contributed by atoms with E-state index in [-0.39, 0.29) is 18.7 Å². The number of nitrogens with one attached hydrogen (secondary N) is 2. The second-order valence-electron chi connectivity index (χ2n) is 5.83. The molecular weight excluding hydrogens is 290 g/mol. The highest BCUT2D eigenvalue weighted by Gasteiger charge is 2.21. The van der Waals surface area contributed by atoms with Crippen molar-refractivity contribution in [2.75, 3.05) is 13.2 Å². The van der Waals surface area contributed by atoms with Gasteiger partial charge in [0.1, 0.15) is 11.6 Å². The molecule has 2 amide bonds. The number of halogens is 2. The van der Waals surface area contributed by atoms with Gasteiger partial charge in [0.2, 0.25) is 0 Å². The predicted molar refractivity (Wildman–Crippen MR) is 79.4 cm³/mol. The standard InChI is InChI=1S/C16H22F2N2O2/c17-13-7-12(8-14(18)9-13)5-6-19-16(22)20-15-3-1-11(10-21)2-4-15/h7-9,11,15,21H,1-6,10H2,(H2,19,20,22). The van der Waals surface area contributed by atoms with Gasteiger partial charge in [0.05, 0.1) is 0 Å². The van der Waals surface area contributed by atoms with E-state index in [0.717, 1.165) is 31.7 Å². The summed E-state index contributed by atoms with van der Waals surface area (Å²) < 4.78 is 26.1. The SMILES string of the molecule is O=C(NCCc1cc(F)cc(F)c1)NC1CCC(CO)CC1. The molecule has 0 unspecified atom stereocenters. The highest BCUT2D eigenvalue weighted by Crippen LogP contribution is 2.23. The summed E-state index contributed by atoms with van der Waals surface area (Å²) in [7, 11) is 0. The fourth-order valence-electron chi connectivity index (χ4n) is 2.80. The Bertz CT molecular complexity index is 483. The quantitative estimate of drug-likeness (QED) is 0.781. The van der Waals surface area contributed by atoms with Crippen molar-refractivity contribution < 1.29 is 18.7 Å². The highest BCUT2D eigenvalue weighted by molar-refractivity contribution is 5.74. The number of aliphatic hydroxyl groups excluding tert-OH is 1. The Labute approximate surface area is 128 Å². The zero-order chi connectivity index (χ0) is 15.9. The second-order valence-corrected chi connectivity index (χ2v) is 5.83. The van der Waals surface area contributed by atoms with Crippen LogP contribution in [0.25, 0.3) is 0 Å². The monoisotopic (exact) mass is 312 g/mol. The number of carbonyl (C=O) groups excluding carboxylic acids is 1. The number of rotatable bonds is 5. The first-order valence-corrected chi connectivity index (χ1v) is 7.67. The fourth-order valence-corrected chi connectivity index (χ4v) is 2.80. The fraction of sp³-hybridized carbons (Fsp3) is 0.562. The molecule has 1 aromatic rings. The lowest BCUT2D eigenvalue weighted by Crippen LogP contribution is -2.44. The number of aliphatic hydroxyl groups is 1. The van der Waals surface area contributed by atoms with Gasteiger partial charge < -0.3 is 15.7 Å². The summed E-state index contributed by atoms with van der Waals surface area (Å²) in [4.78, 5) is 11.8. The Morgan fingerprint density at radius 1 is 1.14 bits per heavy atom. The van der Waals surface area contributed by atoms with Crippen molar-refractivity contribution in [3.8, 4) is 0 Å². The molecule has 0 radical (unpaired) electrons. The van der Waals surface area contributed by atoms with E-state index in [1.54, 1.807) is 0 Å². The van der Waals surface area contributed by atoms with Gasteiger partial charge in [0, 0.05) is 25.3 Å². The van der Waals surface area contributed by atoms with E-state index in [1.165, 1.54) is 12.1 Å². The number of carbonyl (C=O) groups is 1. The van der Waals surface area contributed by atoms with Crippen molar-refractivity contribution in [3.05, 3.63) is 35.4 Å². The first-order valence-electron chi connectivity index (χ1n) is 7.67. The van der Waals surface area contributed by atoms with Gasteiger partial charge in [0.25, 0.3) is 0 Å². The van der Waals surface area contributed by atoms with E-state index in [2.05, 4.69) is 10.6 Å². The average molecular weight is 312 g/mol. The van der Waals surface area contributed by atoms with E-state index in [9.17, 15) is 13.6 Å². The summed E-state index contributed by atoms with van der Waals surface area (Å²) in [5.74, 6) is -0.871. The van der Waals surface area contributed by atoms with Crippen molar-refractivity contribution >= 4 is 6.03 Å².